The third-order valence-electron chi connectivity index (χ3n) is 6.73. The van der Waals surface area contributed by atoms with Crippen LogP contribution in [0.15, 0.2) is 42.7 Å². The fourth-order valence-corrected chi connectivity index (χ4v) is 5.01. The van der Waals surface area contributed by atoms with Crippen molar-refractivity contribution in [3.63, 3.8) is 0 Å². The van der Waals surface area contributed by atoms with Crippen molar-refractivity contribution < 1.29 is 0 Å². The molecule has 0 aromatic carbocycles. The summed E-state index contributed by atoms with van der Waals surface area (Å²) in [6, 6.07) is 11.2. The van der Waals surface area contributed by atoms with Crippen molar-refractivity contribution in [2.75, 3.05) is 44.7 Å². The second-order valence-corrected chi connectivity index (χ2v) is 8.65. The fourth-order valence-electron chi connectivity index (χ4n) is 5.01. The number of fused-ring (bicyclic) bond motifs is 2. The van der Waals surface area contributed by atoms with Crippen LogP contribution in [0.2, 0.25) is 0 Å². The highest BCUT2D eigenvalue weighted by molar-refractivity contribution is 5.53. The Kier molecular flexibility index (Phi) is 5.44. The van der Waals surface area contributed by atoms with Crippen LogP contribution in [0.1, 0.15) is 42.8 Å². The van der Waals surface area contributed by atoms with Crippen molar-refractivity contribution in [3.8, 4) is 0 Å². The van der Waals surface area contributed by atoms with Crippen LogP contribution in [-0.4, -0.2) is 63.9 Å². The molecule has 6 heteroatoms. The summed E-state index contributed by atoms with van der Waals surface area (Å²) >= 11 is 0. The van der Waals surface area contributed by atoms with E-state index in [2.05, 4.69) is 69.6 Å². The van der Waals surface area contributed by atoms with Gasteiger partial charge in [0.25, 0.3) is 0 Å². The molecule has 0 amide bonds. The van der Waals surface area contributed by atoms with Crippen LogP contribution in [0, 0.1) is 0 Å². The van der Waals surface area contributed by atoms with E-state index in [0.29, 0.717) is 6.04 Å². The Morgan fingerprint density at radius 1 is 1.10 bits per heavy atom. The van der Waals surface area contributed by atoms with E-state index in [-0.39, 0.29) is 0 Å². The SMILES string of the molecule is CCN(Cc1cn2c(N3CCN(C)CC3)cccc2n1)[C@H]1CCCc2cccnc21. The monoisotopic (exact) mass is 404 g/mol. The lowest BCUT2D eigenvalue weighted by Gasteiger charge is -2.34. The van der Waals surface area contributed by atoms with Gasteiger partial charge >= 0.3 is 0 Å². The maximum absolute atomic E-state index is 4.99. The third-order valence-corrected chi connectivity index (χ3v) is 6.73. The maximum atomic E-state index is 4.99. The van der Waals surface area contributed by atoms with Gasteiger partial charge in [-0.05, 0) is 56.6 Å². The Bertz CT molecular complexity index is 1000. The second kappa shape index (κ2) is 8.36. The van der Waals surface area contributed by atoms with Gasteiger partial charge in [0, 0.05) is 45.1 Å². The van der Waals surface area contributed by atoms with Gasteiger partial charge in [-0.15, -0.1) is 0 Å². The van der Waals surface area contributed by atoms with Crippen LogP contribution in [0.5, 0.6) is 0 Å². The van der Waals surface area contributed by atoms with Crippen molar-refractivity contribution in [3.05, 3.63) is 59.7 Å². The molecular formula is C24H32N6. The Hall–Kier alpha value is -2.44. The summed E-state index contributed by atoms with van der Waals surface area (Å²) < 4.78 is 2.28. The predicted molar refractivity (Wildman–Crippen MR) is 121 cm³/mol. The molecule has 30 heavy (non-hydrogen) atoms. The van der Waals surface area contributed by atoms with E-state index in [4.69, 9.17) is 9.97 Å². The number of rotatable bonds is 5. The third kappa shape index (κ3) is 3.70. The van der Waals surface area contributed by atoms with Crippen molar-refractivity contribution in [1.82, 2.24) is 24.2 Å². The molecule has 4 heterocycles. The van der Waals surface area contributed by atoms with Crippen LogP contribution in [0.25, 0.3) is 5.65 Å². The van der Waals surface area contributed by atoms with Crippen molar-refractivity contribution in [2.24, 2.45) is 0 Å². The van der Waals surface area contributed by atoms with Gasteiger partial charge in [-0.1, -0.05) is 19.1 Å². The number of nitrogens with zero attached hydrogens (tertiary/aromatic N) is 6. The summed E-state index contributed by atoms with van der Waals surface area (Å²) in [5, 5.41) is 0. The number of likely N-dealkylation sites (N-methyl/N-ethyl adjacent to an activating group) is 1. The molecule has 0 unspecified atom stereocenters. The quantitative estimate of drug-likeness (QED) is 0.652. The highest BCUT2D eigenvalue weighted by atomic mass is 15.3. The van der Waals surface area contributed by atoms with Gasteiger partial charge in [-0.2, -0.15) is 0 Å². The molecule has 0 spiro atoms. The van der Waals surface area contributed by atoms with Gasteiger partial charge in [0.15, 0.2) is 0 Å². The minimum absolute atomic E-state index is 0.391. The zero-order valence-corrected chi connectivity index (χ0v) is 18.2. The summed E-state index contributed by atoms with van der Waals surface area (Å²) in [5.41, 5.74) is 4.87. The molecular weight excluding hydrogens is 372 g/mol. The van der Waals surface area contributed by atoms with Crippen molar-refractivity contribution >= 4 is 11.5 Å². The zero-order valence-electron chi connectivity index (χ0n) is 18.2. The summed E-state index contributed by atoms with van der Waals surface area (Å²) in [6.45, 7) is 8.46. The van der Waals surface area contributed by atoms with Crippen LogP contribution in [0.4, 0.5) is 5.82 Å². The Balaban J connectivity index is 1.41. The lowest BCUT2D eigenvalue weighted by Crippen LogP contribution is -2.45. The number of aryl methyl sites for hydroxylation is 1. The van der Waals surface area contributed by atoms with Crippen LogP contribution >= 0.6 is 0 Å². The zero-order chi connectivity index (χ0) is 20.5. The lowest BCUT2D eigenvalue weighted by molar-refractivity contribution is 0.173. The van der Waals surface area contributed by atoms with E-state index < -0.39 is 0 Å². The molecule has 1 saturated heterocycles. The minimum Gasteiger partial charge on any atom is -0.355 e. The van der Waals surface area contributed by atoms with Crippen LogP contribution < -0.4 is 4.90 Å². The molecule has 0 bridgehead atoms. The number of imidazole rings is 1. The number of aromatic nitrogens is 3. The summed E-state index contributed by atoms with van der Waals surface area (Å²) in [4.78, 5) is 17.2. The molecule has 3 aromatic heterocycles. The highest BCUT2D eigenvalue weighted by Gasteiger charge is 2.27. The molecule has 0 N–H and O–H groups in total. The van der Waals surface area contributed by atoms with Crippen molar-refractivity contribution in [1.29, 1.82) is 0 Å². The first-order valence-electron chi connectivity index (χ1n) is 11.3. The lowest BCUT2D eigenvalue weighted by atomic mass is 9.91. The first kappa shape index (κ1) is 19.5. The first-order valence-corrected chi connectivity index (χ1v) is 11.3. The normalized spacial score (nSPS) is 20.1. The summed E-state index contributed by atoms with van der Waals surface area (Å²) in [7, 11) is 2.20. The fraction of sp³-hybridized carbons (Fsp3) is 0.500. The van der Waals surface area contributed by atoms with Crippen molar-refractivity contribution in [2.45, 2.75) is 38.8 Å². The predicted octanol–water partition coefficient (Wildman–Crippen LogP) is 3.38. The largest absolute Gasteiger partial charge is 0.355 e. The second-order valence-electron chi connectivity index (χ2n) is 8.65. The van der Waals surface area contributed by atoms with Gasteiger partial charge in [0.1, 0.15) is 11.5 Å². The smallest absolute Gasteiger partial charge is 0.138 e. The topological polar surface area (TPSA) is 39.9 Å². The van der Waals surface area contributed by atoms with Gasteiger partial charge < -0.3 is 9.80 Å². The molecule has 6 nitrogen and oxygen atoms in total. The Morgan fingerprint density at radius 2 is 1.97 bits per heavy atom. The standard InChI is InChI=1S/C24H32N6/c1-3-28(21-9-4-7-19-8-6-12-25-24(19)21)17-20-18-30-22(26-20)10-5-11-23(30)29-15-13-27(2)14-16-29/h5-6,8,10-12,18,21H,3-4,7,9,13-17H2,1-2H3/t21-/m0/s1. The molecule has 0 saturated carbocycles. The molecule has 5 rings (SSSR count). The van der Waals surface area contributed by atoms with Crippen LogP contribution in [0.3, 0.4) is 0 Å². The average Bonchev–Trinajstić information content (AvgIpc) is 3.20. The van der Waals surface area contributed by atoms with E-state index in [1.54, 1.807) is 0 Å². The molecule has 1 atom stereocenters. The van der Waals surface area contributed by atoms with E-state index in [9.17, 15) is 0 Å². The average molecular weight is 405 g/mol. The molecule has 158 valence electrons. The minimum atomic E-state index is 0.391. The van der Waals surface area contributed by atoms with Gasteiger partial charge in [0.05, 0.1) is 17.4 Å². The summed E-state index contributed by atoms with van der Waals surface area (Å²) in [5.74, 6) is 1.26. The van der Waals surface area contributed by atoms with E-state index >= 15 is 0 Å². The van der Waals surface area contributed by atoms with Crippen LogP contribution in [-0.2, 0) is 13.0 Å². The molecule has 3 aromatic rings. The highest BCUT2D eigenvalue weighted by Crippen LogP contribution is 2.33. The molecule has 0 radical (unpaired) electrons. The molecule has 1 aliphatic heterocycles. The van der Waals surface area contributed by atoms with E-state index in [1.165, 1.54) is 29.9 Å². The number of hydrogen-bond acceptors (Lipinski definition) is 5. The number of pyridine rings is 2. The number of piperazine rings is 1. The Labute approximate surface area is 179 Å². The van der Waals surface area contributed by atoms with E-state index in [1.807, 2.05) is 6.20 Å². The molecule has 1 aliphatic carbocycles. The first-order chi connectivity index (χ1) is 14.7. The number of anilines is 1. The van der Waals surface area contributed by atoms with Gasteiger partial charge in [-0.25, -0.2) is 4.98 Å². The number of hydrogen-bond donors (Lipinski definition) is 0. The van der Waals surface area contributed by atoms with Gasteiger partial charge in [0.2, 0.25) is 0 Å². The van der Waals surface area contributed by atoms with E-state index in [0.717, 1.165) is 57.0 Å². The summed E-state index contributed by atoms with van der Waals surface area (Å²) in [6.07, 6.45) is 7.75. The maximum Gasteiger partial charge on any atom is 0.138 e. The Morgan fingerprint density at radius 3 is 2.80 bits per heavy atom. The van der Waals surface area contributed by atoms with Gasteiger partial charge in [-0.3, -0.25) is 14.3 Å². The molecule has 2 aliphatic rings. The molecule has 1 fully saturated rings.